The van der Waals surface area contributed by atoms with Crippen LogP contribution >= 0.6 is 0 Å². The van der Waals surface area contributed by atoms with Gasteiger partial charge >= 0.3 is 12.4 Å². The Labute approximate surface area is 93.7 Å². The molecule has 0 aliphatic carbocycles. The quantitative estimate of drug-likeness (QED) is 0.514. The van der Waals surface area contributed by atoms with Crippen LogP contribution in [-0.2, 0) is 0 Å². The summed E-state index contributed by atoms with van der Waals surface area (Å²) in [5.41, 5.74) is -0.877. The Morgan fingerprint density at radius 1 is 1.18 bits per heavy atom. The van der Waals surface area contributed by atoms with Gasteiger partial charge in [-0.15, -0.1) is 5.73 Å². The molecule has 96 valence electrons. The zero-order chi connectivity index (χ0) is 13.3. The molecule has 0 radical (unpaired) electrons. The number of nitrogens with zero attached hydrogens (tertiary/aromatic N) is 1. The normalized spacial score (nSPS) is 17.7. The van der Waals surface area contributed by atoms with Gasteiger partial charge in [0.05, 0.1) is 5.57 Å². The third kappa shape index (κ3) is 3.30. The van der Waals surface area contributed by atoms with Crippen LogP contribution in [0.15, 0.2) is 29.2 Å². The SMILES string of the molecule is CCN1CC=C=C(C(F)(F)F)C=C1C(F)(F)F. The highest BCUT2D eigenvalue weighted by Crippen LogP contribution is 2.34. The predicted octanol–water partition coefficient (Wildman–Crippen LogP) is 3.41. The molecule has 0 aromatic heterocycles. The fourth-order valence-corrected chi connectivity index (χ4v) is 1.36. The Hall–Kier alpha value is -1.36. The standard InChI is InChI=1S/C10H9F6N/c1-2-17-5-3-4-7(9(11,12)13)6-8(17)10(14,15)16/h3,6H,2,5H2,1H3. The zero-order valence-corrected chi connectivity index (χ0v) is 8.78. The molecule has 1 aliphatic rings. The van der Waals surface area contributed by atoms with Crippen LogP contribution in [0.2, 0.25) is 0 Å². The van der Waals surface area contributed by atoms with Crippen molar-refractivity contribution in [1.82, 2.24) is 4.90 Å². The molecule has 0 aromatic rings. The fourth-order valence-electron chi connectivity index (χ4n) is 1.36. The second-order valence-electron chi connectivity index (χ2n) is 3.33. The maximum absolute atomic E-state index is 12.6. The van der Waals surface area contributed by atoms with E-state index >= 15 is 0 Å². The Morgan fingerprint density at radius 2 is 1.76 bits per heavy atom. The molecule has 0 spiro atoms. The zero-order valence-electron chi connectivity index (χ0n) is 8.78. The van der Waals surface area contributed by atoms with Crippen molar-refractivity contribution in [2.24, 2.45) is 0 Å². The van der Waals surface area contributed by atoms with Crippen molar-refractivity contribution in [2.45, 2.75) is 19.3 Å². The molecule has 17 heavy (non-hydrogen) atoms. The number of allylic oxidation sites excluding steroid dienone is 2. The van der Waals surface area contributed by atoms with Crippen LogP contribution in [0.25, 0.3) is 0 Å². The first-order valence-electron chi connectivity index (χ1n) is 4.72. The van der Waals surface area contributed by atoms with Crippen molar-refractivity contribution in [1.29, 1.82) is 0 Å². The average Bonchev–Trinajstić information content (AvgIpc) is 2.36. The molecular weight excluding hydrogens is 248 g/mol. The molecule has 0 unspecified atom stereocenters. The van der Waals surface area contributed by atoms with Crippen LogP contribution in [0, 0.1) is 0 Å². The maximum atomic E-state index is 12.6. The van der Waals surface area contributed by atoms with E-state index in [0.29, 0.717) is 0 Å². The molecule has 1 rings (SSSR count). The van der Waals surface area contributed by atoms with E-state index in [1.54, 1.807) is 0 Å². The largest absolute Gasteiger partial charge is 0.431 e. The van der Waals surface area contributed by atoms with E-state index in [4.69, 9.17) is 0 Å². The molecule has 1 aliphatic heterocycles. The van der Waals surface area contributed by atoms with E-state index in [2.05, 4.69) is 0 Å². The molecule has 0 bridgehead atoms. The van der Waals surface area contributed by atoms with Crippen molar-refractivity contribution < 1.29 is 26.3 Å². The lowest BCUT2D eigenvalue weighted by Gasteiger charge is -2.25. The van der Waals surface area contributed by atoms with Gasteiger partial charge in [-0.05, 0) is 19.1 Å². The summed E-state index contributed by atoms with van der Waals surface area (Å²) >= 11 is 0. The molecule has 1 nitrogen and oxygen atoms in total. The second-order valence-corrected chi connectivity index (χ2v) is 3.33. The molecule has 0 atom stereocenters. The predicted molar refractivity (Wildman–Crippen MR) is 49.0 cm³/mol. The van der Waals surface area contributed by atoms with E-state index in [9.17, 15) is 26.3 Å². The lowest BCUT2D eigenvalue weighted by molar-refractivity contribution is -0.111. The minimum Gasteiger partial charge on any atom is -0.363 e. The van der Waals surface area contributed by atoms with Crippen LogP contribution in [0.4, 0.5) is 26.3 Å². The van der Waals surface area contributed by atoms with Gasteiger partial charge in [0.15, 0.2) is 0 Å². The molecule has 0 fully saturated rings. The van der Waals surface area contributed by atoms with Crippen LogP contribution in [-0.4, -0.2) is 30.3 Å². The van der Waals surface area contributed by atoms with Crippen molar-refractivity contribution in [3.63, 3.8) is 0 Å². The summed E-state index contributed by atoms with van der Waals surface area (Å²) in [6, 6.07) is 0. The van der Waals surface area contributed by atoms with Crippen molar-refractivity contribution in [3.05, 3.63) is 29.2 Å². The highest BCUT2D eigenvalue weighted by Gasteiger charge is 2.41. The number of hydrogen-bond donors (Lipinski definition) is 0. The first-order chi connectivity index (χ1) is 7.66. The highest BCUT2D eigenvalue weighted by molar-refractivity contribution is 5.31. The van der Waals surface area contributed by atoms with Crippen LogP contribution in [0.5, 0.6) is 0 Å². The summed E-state index contributed by atoms with van der Waals surface area (Å²) in [7, 11) is 0. The van der Waals surface area contributed by atoms with Crippen LogP contribution in [0.1, 0.15) is 6.92 Å². The molecule has 0 amide bonds. The summed E-state index contributed by atoms with van der Waals surface area (Å²) in [5.74, 6) is 0. The Balaban J connectivity index is 3.25. The van der Waals surface area contributed by atoms with E-state index in [-0.39, 0.29) is 19.2 Å². The van der Waals surface area contributed by atoms with Gasteiger partial charge in [0.25, 0.3) is 0 Å². The Kier molecular flexibility index (Phi) is 3.62. The van der Waals surface area contributed by atoms with E-state index in [1.807, 2.05) is 5.73 Å². The number of likely N-dealkylation sites (N-methyl/N-ethyl adjacent to an activating group) is 1. The first kappa shape index (κ1) is 13.7. The minimum atomic E-state index is -4.84. The van der Waals surface area contributed by atoms with E-state index < -0.39 is 23.6 Å². The summed E-state index contributed by atoms with van der Waals surface area (Å²) < 4.78 is 74.9. The molecule has 0 saturated heterocycles. The van der Waals surface area contributed by atoms with E-state index in [0.717, 1.165) is 11.0 Å². The van der Waals surface area contributed by atoms with Gasteiger partial charge in [0.2, 0.25) is 0 Å². The number of alkyl halides is 6. The third-order valence-corrected chi connectivity index (χ3v) is 2.17. The second kappa shape index (κ2) is 4.49. The minimum absolute atomic E-state index is 0.0331. The molecule has 0 aromatic carbocycles. The van der Waals surface area contributed by atoms with Crippen molar-refractivity contribution in [3.8, 4) is 0 Å². The molecule has 0 saturated carbocycles. The number of rotatable bonds is 1. The average molecular weight is 257 g/mol. The monoisotopic (exact) mass is 257 g/mol. The van der Waals surface area contributed by atoms with E-state index in [1.165, 1.54) is 6.92 Å². The lowest BCUT2D eigenvalue weighted by Crippen LogP contribution is -2.32. The van der Waals surface area contributed by atoms with Gasteiger partial charge in [0, 0.05) is 13.1 Å². The topological polar surface area (TPSA) is 3.24 Å². The highest BCUT2D eigenvalue weighted by atomic mass is 19.4. The van der Waals surface area contributed by atoms with Gasteiger partial charge in [-0.2, -0.15) is 26.3 Å². The fraction of sp³-hybridized carbons (Fsp3) is 0.500. The summed E-state index contributed by atoms with van der Waals surface area (Å²) in [5, 5.41) is 0. The smallest absolute Gasteiger partial charge is 0.363 e. The van der Waals surface area contributed by atoms with Gasteiger partial charge in [-0.25, -0.2) is 0 Å². The summed E-state index contributed by atoms with van der Waals surface area (Å²) in [6.45, 7) is 1.15. The van der Waals surface area contributed by atoms with Crippen molar-refractivity contribution in [2.75, 3.05) is 13.1 Å². The number of halogens is 6. The maximum Gasteiger partial charge on any atom is 0.431 e. The van der Waals surface area contributed by atoms with Gasteiger partial charge in [-0.3, -0.25) is 0 Å². The Bertz CT molecular complexity index is 381. The van der Waals surface area contributed by atoms with Gasteiger partial charge in [-0.1, -0.05) is 0 Å². The molecular formula is C10H9F6N. The van der Waals surface area contributed by atoms with Crippen molar-refractivity contribution >= 4 is 0 Å². The molecule has 7 heteroatoms. The third-order valence-electron chi connectivity index (χ3n) is 2.17. The Morgan fingerprint density at radius 3 is 2.18 bits per heavy atom. The summed E-state index contributed by atoms with van der Waals surface area (Å²) in [6.07, 6.45) is -8.61. The van der Waals surface area contributed by atoms with Gasteiger partial charge < -0.3 is 4.90 Å². The van der Waals surface area contributed by atoms with Gasteiger partial charge in [0.1, 0.15) is 5.70 Å². The molecule has 0 N–H and O–H groups in total. The summed E-state index contributed by atoms with van der Waals surface area (Å²) in [4.78, 5) is 0.811. The lowest BCUT2D eigenvalue weighted by atomic mass is 10.2. The molecule has 1 heterocycles. The van der Waals surface area contributed by atoms with Crippen LogP contribution < -0.4 is 0 Å². The number of hydrogen-bond acceptors (Lipinski definition) is 1. The van der Waals surface area contributed by atoms with Crippen LogP contribution in [0.3, 0.4) is 0 Å². The first-order valence-corrected chi connectivity index (χ1v) is 4.72.